The molecule has 2 amide bonds. The van der Waals surface area contributed by atoms with Gasteiger partial charge in [0.1, 0.15) is 11.6 Å². The van der Waals surface area contributed by atoms with Gasteiger partial charge >= 0.3 is 6.09 Å². The minimum absolute atomic E-state index is 0.0618. The number of hydrogen-bond donors (Lipinski definition) is 2. The summed E-state index contributed by atoms with van der Waals surface area (Å²) in [6, 6.07) is 14.0. The fourth-order valence-corrected chi connectivity index (χ4v) is 5.82. The lowest BCUT2D eigenvalue weighted by atomic mass is 9.98. The maximum atomic E-state index is 13.6. The van der Waals surface area contributed by atoms with Crippen molar-refractivity contribution in [1.82, 2.24) is 10.2 Å². The van der Waals surface area contributed by atoms with Crippen molar-refractivity contribution in [2.24, 2.45) is 5.92 Å². The number of para-hydroxylation sites is 1. The molecule has 1 aliphatic carbocycles. The van der Waals surface area contributed by atoms with Crippen LogP contribution in [0.25, 0.3) is 0 Å². The number of anilines is 1. The first-order chi connectivity index (χ1) is 18.6. The van der Waals surface area contributed by atoms with E-state index in [1.54, 1.807) is 56.8 Å². The van der Waals surface area contributed by atoms with Gasteiger partial charge in [-0.1, -0.05) is 43.3 Å². The minimum atomic E-state index is -0.875. The van der Waals surface area contributed by atoms with Crippen molar-refractivity contribution in [2.45, 2.75) is 58.1 Å². The van der Waals surface area contributed by atoms with E-state index in [0.29, 0.717) is 12.4 Å². The molecule has 0 radical (unpaired) electrons. The van der Waals surface area contributed by atoms with E-state index < -0.39 is 23.6 Å². The van der Waals surface area contributed by atoms with Crippen molar-refractivity contribution in [1.29, 1.82) is 0 Å². The third-order valence-electron chi connectivity index (χ3n) is 6.92. The number of nitrogens with zero attached hydrogens (tertiary/aromatic N) is 1. The molecule has 2 aromatic carbocycles. The van der Waals surface area contributed by atoms with Crippen LogP contribution in [0.15, 0.2) is 48.5 Å². The summed E-state index contributed by atoms with van der Waals surface area (Å²) in [7, 11) is 0. The highest BCUT2D eigenvalue weighted by Gasteiger charge is 2.49. The van der Waals surface area contributed by atoms with Gasteiger partial charge in [0.25, 0.3) is 5.91 Å². The number of hydrogen-bond acceptors (Lipinski definition) is 7. The molecular formula is C30H37N3O5S. The standard InChI is InChI=1S/C30H37N3O5S/c1-5-19-10-12-20(13-11-19)22-16-23(22)27(35)26(33-14-15-39-18-33)25(34)17-31-28(36)21-8-6-7-9-24(21)32-29(37)38-30(2,3)4/h6-13,22-23,26H,5,14-18H2,1-4H3,(H,31,36)(H,32,37). The number of rotatable bonds is 10. The number of carbonyl (C=O) groups excluding carboxylic acids is 4. The topological polar surface area (TPSA) is 105 Å². The monoisotopic (exact) mass is 551 g/mol. The lowest BCUT2D eigenvalue weighted by molar-refractivity contribution is -0.134. The minimum Gasteiger partial charge on any atom is -0.444 e. The molecule has 2 aromatic rings. The van der Waals surface area contributed by atoms with Crippen molar-refractivity contribution in [3.8, 4) is 0 Å². The van der Waals surface area contributed by atoms with E-state index in [0.717, 1.165) is 24.2 Å². The van der Waals surface area contributed by atoms with Gasteiger partial charge in [-0.3, -0.25) is 24.6 Å². The molecule has 2 fully saturated rings. The molecule has 1 aliphatic heterocycles. The van der Waals surface area contributed by atoms with Gasteiger partial charge in [-0.2, -0.15) is 0 Å². The van der Waals surface area contributed by atoms with E-state index >= 15 is 0 Å². The van der Waals surface area contributed by atoms with Crippen molar-refractivity contribution in [3.63, 3.8) is 0 Å². The summed E-state index contributed by atoms with van der Waals surface area (Å²) >= 11 is 1.69. The predicted molar refractivity (Wildman–Crippen MR) is 153 cm³/mol. The van der Waals surface area contributed by atoms with Crippen LogP contribution in [0, 0.1) is 5.92 Å². The Balaban J connectivity index is 1.41. The molecule has 1 saturated carbocycles. The van der Waals surface area contributed by atoms with Crippen molar-refractivity contribution in [3.05, 3.63) is 65.2 Å². The average Bonchev–Trinajstić information content (AvgIpc) is 3.52. The molecule has 208 valence electrons. The van der Waals surface area contributed by atoms with Crippen LogP contribution < -0.4 is 10.6 Å². The van der Waals surface area contributed by atoms with Gasteiger partial charge in [-0.15, -0.1) is 11.8 Å². The fourth-order valence-electron chi connectivity index (χ4n) is 4.82. The molecule has 0 aromatic heterocycles. The van der Waals surface area contributed by atoms with Gasteiger partial charge in [0.15, 0.2) is 11.6 Å². The third-order valence-corrected chi connectivity index (χ3v) is 7.91. The van der Waals surface area contributed by atoms with Gasteiger partial charge in [-0.25, -0.2) is 4.79 Å². The molecule has 0 bridgehead atoms. The molecular weight excluding hydrogens is 514 g/mol. The van der Waals surface area contributed by atoms with Crippen LogP contribution in [0.5, 0.6) is 0 Å². The lowest BCUT2D eigenvalue weighted by Gasteiger charge is -2.25. The summed E-state index contributed by atoms with van der Waals surface area (Å²) < 4.78 is 5.29. The number of Topliss-reactive ketones (excluding diaryl/α,β-unsaturated/α-hetero) is 2. The largest absolute Gasteiger partial charge is 0.444 e. The highest BCUT2D eigenvalue weighted by molar-refractivity contribution is 7.99. The molecule has 39 heavy (non-hydrogen) atoms. The Morgan fingerprint density at radius 2 is 1.79 bits per heavy atom. The summed E-state index contributed by atoms with van der Waals surface area (Å²) in [6.07, 6.45) is 1.02. The fraction of sp³-hybridized carbons (Fsp3) is 0.467. The number of carbonyl (C=O) groups is 4. The molecule has 3 atom stereocenters. The summed E-state index contributed by atoms with van der Waals surface area (Å²) in [5, 5.41) is 5.27. The van der Waals surface area contributed by atoms with E-state index in [9.17, 15) is 19.2 Å². The van der Waals surface area contributed by atoms with Gasteiger partial charge in [-0.05, 0) is 62.8 Å². The molecule has 9 heteroatoms. The van der Waals surface area contributed by atoms with Crippen LogP contribution in [0.2, 0.25) is 0 Å². The molecule has 2 aliphatic rings. The molecule has 1 heterocycles. The Bertz CT molecular complexity index is 1220. The Hall–Kier alpha value is -3.17. The Labute approximate surface area is 234 Å². The highest BCUT2D eigenvalue weighted by Crippen LogP contribution is 2.49. The SMILES string of the molecule is CCc1ccc(C2CC2C(=O)C(C(=O)CNC(=O)c2ccccc2NC(=O)OC(C)(C)C)N2CCSC2)cc1. The molecule has 0 spiro atoms. The summed E-state index contributed by atoms with van der Waals surface area (Å²) in [6.45, 7) is 7.74. The number of thioether (sulfide) groups is 1. The van der Waals surface area contributed by atoms with Crippen LogP contribution in [0.3, 0.4) is 0 Å². The van der Waals surface area contributed by atoms with Crippen LogP contribution in [-0.4, -0.2) is 64.8 Å². The highest BCUT2D eigenvalue weighted by atomic mass is 32.2. The van der Waals surface area contributed by atoms with Crippen LogP contribution >= 0.6 is 11.8 Å². The van der Waals surface area contributed by atoms with Gasteiger partial charge in [0, 0.05) is 24.1 Å². The molecule has 4 rings (SSSR count). The third kappa shape index (κ3) is 7.48. The number of amides is 2. The first-order valence-electron chi connectivity index (χ1n) is 13.4. The maximum Gasteiger partial charge on any atom is 0.412 e. The molecule has 8 nitrogen and oxygen atoms in total. The zero-order chi connectivity index (χ0) is 28.2. The van der Waals surface area contributed by atoms with Crippen molar-refractivity contribution in [2.75, 3.05) is 30.0 Å². The van der Waals surface area contributed by atoms with E-state index in [-0.39, 0.29) is 41.2 Å². The Morgan fingerprint density at radius 1 is 1.08 bits per heavy atom. The number of ether oxygens (including phenoxy) is 1. The van der Waals surface area contributed by atoms with Crippen LogP contribution in [0.1, 0.15) is 61.5 Å². The molecule has 1 saturated heterocycles. The number of benzene rings is 2. The maximum absolute atomic E-state index is 13.6. The second-order valence-electron chi connectivity index (χ2n) is 11.0. The first kappa shape index (κ1) is 28.8. The predicted octanol–water partition coefficient (Wildman–Crippen LogP) is 4.64. The zero-order valence-electron chi connectivity index (χ0n) is 23.0. The second-order valence-corrected chi connectivity index (χ2v) is 12.1. The molecule has 3 unspecified atom stereocenters. The van der Waals surface area contributed by atoms with Gasteiger partial charge in [0.05, 0.1) is 17.8 Å². The summed E-state index contributed by atoms with van der Waals surface area (Å²) in [4.78, 5) is 54.2. The van der Waals surface area contributed by atoms with E-state index in [2.05, 4.69) is 41.8 Å². The first-order valence-corrected chi connectivity index (χ1v) is 14.6. The zero-order valence-corrected chi connectivity index (χ0v) is 23.8. The van der Waals surface area contributed by atoms with Crippen molar-refractivity contribution < 1.29 is 23.9 Å². The quantitative estimate of drug-likeness (QED) is 0.415. The number of aryl methyl sites for hydroxylation is 1. The smallest absolute Gasteiger partial charge is 0.412 e. The summed E-state index contributed by atoms with van der Waals surface area (Å²) in [5.74, 6) is 0.521. The number of ketones is 2. The average molecular weight is 552 g/mol. The van der Waals surface area contributed by atoms with Gasteiger partial charge < -0.3 is 10.1 Å². The van der Waals surface area contributed by atoms with Crippen molar-refractivity contribution >= 4 is 41.0 Å². The van der Waals surface area contributed by atoms with Gasteiger partial charge in [0.2, 0.25) is 0 Å². The number of nitrogens with one attached hydrogen (secondary N) is 2. The van der Waals surface area contributed by atoms with Crippen LogP contribution in [-0.2, 0) is 20.7 Å². The summed E-state index contributed by atoms with van der Waals surface area (Å²) in [5.41, 5.74) is 2.17. The van der Waals surface area contributed by atoms with E-state index in [1.165, 1.54) is 5.56 Å². The Morgan fingerprint density at radius 3 is 2.44 bits per heavy atom. The van der Waals surface area contributed by atoms with E-state index in [1.807, 2.05) is 4.90 Å². The van der Waals surface area contributed by atoms with E-state index in [4.69, 9.17) is 4.74 Å². The normalized spacial score (nSPS) is 19.7. The van der Waals surface area contributed by atoms with Crippen LogP contribution in [0.4, 0.5) is 10.5 Å². The second kappa shape index (κ2) is 12.3. The molecule has 2 N–H and O–H groups in total. The Kier molecular flexibility index (Phi) is 9.12. The lowest BCUT2D eigenvalue weighted by Crippen LogP contribution is -2.50.